The van der Waals surface area contributed by atoms with Gasteiger partial charge in [-0.25, -0.2) is 4.79 Å². The molecule has 0 aliphatic carbocycles. The molecule has 2 aromatic heterocycles. The summed E-state index contributed by atoms with van der Waals surface area (Å²) in [4.78, 5) is 13.6. The van der Waals surface area contributed by atoms with Crippen LogP contribution in [-0.2, 0) is 11.3 Å². The van der Waals surface area contributed by atoms with Crippen molar-refractivity contribution < 1.29 is 9.53 Å². The number of rotatable bonds is 4. The Morgan fingerprint density at radius 3 is 2.36 bits per heavy atom. The van der Waals surface area contributed by atoms with Crippen molar-refractivity contribution in [3.63, 3.8) is 0 Å². The molecule has 0 saturated carbocycles. The second-order valence-corrected chi connectivity index (χ2v) is 6.86. The third-order valence-electron chi connectivity index (χ3n) is 4.21. The lowest BCUT2D eigenvalue weighted by Gasteiger charge is -2.10. The molecule has 25 heavy (non-hydrogen) atoms. The highest BCUT2D eigenvalue weighted by Gasteiger charge is 2.17. The molecule has 0 atom stereocenters. The van der Waals surface area contributed by atoms with Gasteiger partial charge in [0, 0.05) is 11.9 Å². The monoisotopic (exact) mass is 347 g/mol. The molecule has 0 aliphatic rings. The first kappa shape index (κ1) is 15.7. The number of thiophene rings is 1. The Balaban J connectivity index is 1.87. The Bertz CT molecular complexity index is 1020. The largest absolute Gasteiger partial charge is 0.465 e. The van der Waals surface area contributed by atoms with Crippen LogP contribution < -0.4 is 0 Å². The van der Waals surface area contributed by atoms with Crippen molar-refractivity contribution in [2.45, 2.75) is 6.54 Å². The molecule has 4 heteroatoms. The first-order chi connectivity index (χ1) is 12.3. The molecule has 0 bridgehead atoms. The van der Waals surface area contributed by atoms with Crippen LogP contribution in [0, 0.1) is 0 Å². The molecule has 4 rings (SSSR count). The topological polar surface area (TPSA) is 31.2 Å². The van der Waals surface area contributed by atoms with Gasteiger partial charge in [0.1, 0.15) is 9.71 Å². The number of carbonyl (C=O) groups excluding carboxylic acids is 1. The molecule has 2 aromatic carbocycles. The van der Waals surface area contributed by atoms with Gasteiger partial charge in [-0.3, -0.25) is 0 Å². The van der Waals surface area contributed by atoms with Crippen LogP contribution in [0.1, 0.15) is 15.2 Å². The third-order valence-corrected chi connectivity index (χ3v) is 5.36. The molecule has 0 spiro atoms. The van der Waals surface area contributed by atoms with Crippen molar-refractivity contribution in [2.75, 3.05) is 7.11 Å². The van der Waals surface area contributed by atoms with E-state index in [-0.39, 0.29) is 5.97 Å². The summed E-state index contributed by atoms with van der Waals surface area (Å²) in [5.41, 5.74) is 3.55. The van der Waals surface area contributed by atoms with Crippen LogP contribution in [0.3, 0.4) is 0 Å². The zero-order valence-corrected chi connectivity index (χ0v) is 14.6. The highest BCUT2D eigenvalue weighted by atomic mass is 32.1. The van der Waals surface area contributed by atoms with Crippen molar-refractivity contribution in [2.24, 2.45) is 0 Å². The van der Waals surface area contributed by atoms with E-state index in [9.17, 15) is 4.79 Å². The maximum atomic E-state index is 11.9. The molecule has 0 N–H and O–H groups in total. The second-order valence-electron chi connectivity index (χ2n) is 5.83. The summed E-state index contributed by atoms with van der Waals surface area (Å²) in [5, 5.41) is 1.07. The molecule has 124 valence electrons. The zero-order valence-electron chi connectivity index (χ0n) is 13.8. The van der Waals surface area contributed by atoms with Gasteiger partial charge in [-0.2, -0.15) is 0 Å². The average molecular weight is 347 g/mol. The predicted octanol–water partition coefficient (Wildman–Crippen LogP) is 5.20. The highest BCUT2D eigenvalue weighted by molar-refractivity contribution is 7.20. The van der Waals surface area contributed by atoms with Crippen molar-refractivity contribution in [3.8, 4) is 11.3 Å². The van der Waals surface area contributed by atoms with Crippen LogP contribution in [-0.4, -0.2) is 17.6 Å². The number of ether oxygens (including phenoxy) is 1. The smallest absolute Gasteiger partial charge is 0.348 e. The van der Waals surface area contributed by atoms with E-state index in [1.807, 2.05) is 42.5 Å². The van der Waals surface area contributed by atoms with Crippen LogP contribution in [0.5, 0.6) is 0 Å². The van der Waals surface area contributed by atoms with Gasteiger partial charge in [-0.1, -0.05) is 60.7 Å². The van der Waals surface area contributed by atoms with Crippen molar-refractivity contribution in [1.29, 1.82) is 0 Å². The van der Waals surface area contributed by atoms with E-state index in [0.717, 1.165) is 22.5 Å². The summed E-state index contributed by atoms with van der Waals surface area (Å²) in [6.45, 7) is 0.760. The summed E-state index contributed by atoms with van der Waals surface area (Å²) >= 11 is 1.48. The van der Waals surface area contributed by atoms with Gasteiger partial charge in [0.15, 0.2) is 0 Å². The van der Waals surface area contributed by atoms with Gasteiger partial charge in [-0.15, -0.1) is 11.3 Å². The van der Waals surface area contributed by atoms with E-state index in [1.165, 1.54) is 29.6 Å². The number of esters is 1. The Morgan fingerprint density at radius 2 is 1.68 bits per heavy atom. The second kappa shape index (κ2) is 6.57. The minimum absolute atomic E-state index is 0.284. The number of carbonyl (C=O) groups is 1. The predicted molar refractivity (Wildman–Crippen MR) is 102 cm³/mol. The van der Waals surface area contributed by atoms with E-state index in [1.54, 1.807) is 0 Å². The van der Waals surface area contributed by atoms with Gasteiger partial charge in [-0.05, 0) is 23.3 Å². The van der Waals surface area contributed by atoms with E-state index in [4.69, 9.17) is 4.74 Å². The molecular weight excluding hydrogens is 330 g/mol. The van der Waals surface area contributed by atoms with Crippen molar-refractivity contribution >= 4 is 27.5 Å². The molecule has 3 nitrogen and oxygen atoms in total. The lowest BCUT2D eigenvalue weighted by Crippen LogP contribution is -2.01. The lowest BCUT2D eigenvalue weighted by molar-refractivity contribution is 0.0606. The van der Waals surface area contributed by atoms with E-state index < -0.39 is 0 Å². The molecule has 4 aromatic rings. The minimum atomic E-state index is -0.284. The van der Waals surface area contributed by atoms with Crippen LogP contribution in [0.4, 0.5) is 0 Å². The minimum Gasteiger partial charge on any atom is -0.465 e. The first-order valence-electron chi connectivity index (χ1n) is 8.07. The third kappa shape index (κ3) is 2.96. The van der Waals surface area contributed by atoms with Gasteiger partial charge >= 0.3 is 5.97 Å². The molecule has 0 saturated heterocycles. The average Bonchev–Trinajstić information content (AvgIpc) is 3.22. The highest BCUT2D eigenvalue weighted by Crippen LogP contribution is 2.34. The summed E-state index contributed by atoms with van der Waals surface area (Å²) in [6.07, 6.45) is 0. The van der Waals surface area contributed by atoms with E-state index in [0.29, 0.717) is 4.88 Å². The summed E-state index contributed by atoms with van der Waals surface area (Å²) in [5.74, 6) is -0.284. The molecular formula is C21H17NO2S. The van der Waals surface area contributed by atoms with Crippen LogP contribution in [0.2, 0.25) is 0 Å². The Labute approximate surface area is 150 Å². The molecule has 0 aliphatic heterocycles. The van der Waals surface area contributed by atoms with E-state index in [2.05, 4.69) is 34.9 Å². The molecule has 0 fully saturated rings. The fourth-order valence-electron chi connectivity index (χ4n) is 3.02. The molecule has 2 heterocycles. The molecule has 0 unspecified atom stereocenters. The zero-order chi connectivity index (χ0) is 17.2. The Kier molecular flexibility index (Phi) is 4.12. The molecule has 0 amide bonds. The fourth-order valence-corrected chi connectivity index (χ4v) is 4.09. The van der Waals surface area contributed by atoms with Gasteiger partial charge in [0.25, 0.3) is 0 Å². The Hall–Kier alpha value is -2.85. The maximum absolute atomic E-state index is 11.9. The van der Waals surface area contributed by atoms with Gasteiger partial charge in [0.05, 0.1) is 12.8 Å². The van der Waals surface area contributed by atoms with Crippen molar-refractivity contribution in [3.05, 3.63) is 83.2 Å². The quantitative estimate of drug-likeness (QED) is 0.475. The lowest BCUT2D eigenvalue weighted by atomic mass is 10.1. The number of hydrogen-bond acceptors (Lipinski definition) is 3. The van der Waals surface area contributed by atoms with E-state index >= 15 is 0 Å². The number of nitrogens with zero attached hydrogens (tertiary/aromatic N) is 1. The van der Waals surface area contributed by atoms with Crippen LogP contribution >= 0.6 is 11.3 Å². The standard InChI is InChI=1S/C21H17NO2S/c1-24-21(23)19-13-17-12-18(16-10-6-3-7-11-16)22(20(17)25-19)14-15-8-4-2-5-9-15/h2-13H,14H2,1H3. The normalized spacial score (nSPS) is 10.9. The SMILES string of the molecule is COC(=O)c1cc2cc(-c3ccccc3)n(Cc3ccccc3)c2s1. The van der Waals surface area contributed by atoms with Crippen LogP contribution in [0.15, 0.2) is 72.8 Å². The number of fused-ring (bicyclic) bond motifs is 1. The fraction of sp³-hybridized carbons (Fsp3) is 0.0952. The number of methoxy groups -OCH3 is 1. The first-order valence-corrected chi connectivity index (χ1v) is 8.88. The van der Waals surface area contributed by atoms with Gasteiger partial charge in [0.2, 0.25) is 0 Å². The summed E-state index contributed by atoms with van der Waals surface area (Å²) in [7, 11) is 1.42. The summed E-state index contributed by atoms with van der Waals surface area (Å²) in [6, 6.07) is 24.8. The van der Waals surface area contributed by atoms with Crippen molar-refractivity contribution in [1.82, 2.24) is 4.57 Å². The maximum Gasteiger partial charge on any atom is 0.348 e. The molecule has 0 radical (unpaired) electrons. The summed E-state index contributed by atoms with van der Waals surface area (Å²) < 4.78 is 7.15. The Morgan fingerprint density at radius 1 is 1.00 bits per heavy atom. The van der Waals surface area contributed by atoms with Crippen LogP contribution in [0.25, 0.3) is 21.5 Å². The van der Waals surface area contributed by atoms with Gasteiger partial charge < -0.3 is 9.30 Å². The number of hydrogen-bond donors (Lipinski definition) is 0. The number of benzene rings is 2. The number of aromatic nitrogens is 1.